The lowest BCUT2D eigenvalue weighted by molar-refractivity contribution is 0.626. The molecule has 94 valence electrons. The molecule has 0 amide bonds. The zero-order valence-electron chi connectivity index (χ0n) is 10.5. The number of rotatable bonds is 5. The molecule has 0 bridgehead atoms. The van der Waals surface area contributed by atoms with Crippen molar-refractivity contribution < 1.29 is 4.39 Å². The summed E-state index contributed by atoms with van der Waals surface area (Å²) < 4.78 is 12.7. The van der Waals surface area contributed by atoms with E-state index in [-0.39, 0.29) is 5.82 Å². The Labute approximate surface area is 107 Å². The normalized spacial score (nSPS) is 10.6. The van der Waals surface area contributed by atoms with E-state index in [0.29, 0.717) is 0 Å². The molecule has 2 rings (SSSR count). The molecule has 18 heavy (non-hydrogen) atoms. The van der Waals surface area contributed by atoms with Crippen molar-refractivity contribution in [2.24, 2.45) is 0 Å². The third-order valence-electron chi connectivity index (χ3n) is 2.76. The van der Waals surface area contributed by atoms with E-state index in [0.717, 1.165) is 25.1 Å². The van der Waals surface area contributed by atoms with Crippen LogP contribution in [0.25, 0.3) is 0 Å². The van der Waals surface area contributed by atoms with Gasteiger partial charge in [0.1, 0.15) is 5.82 Å². The van der Waals surface area contributed by atoms with Gasteiger partial charge in [-0.3, -0.25) is 4.98 Å². The maximum absolute atomic E-state index is 12.7. The smallest absolute Gasteiger partial charge is 0.123 e. The van der Waals surface area contributed by atoms with E-state index in [4.69, 9.17) is 0 Å². The number of nitrogens with zero attached hydrogens (tertiary/aromatic N) is 1. The summed E-state index contributed by atoms with van der Waals surface area (Å²) in [6, 6.07) is 8.77. The number of nitrogens with one attached hydrogen (secondary N) is 1. The molecule has 0 unspecified atom stereocenters. The predicted molar refractivity (Wildman–Crippen MR) is 70.8 cm³/mol. The molecule has 3 heteroatoms. The first-order chi connectivity index (χ1) is 8.74. The Hall–Kier alpha value is -1.74. The number of hydrogen-bond donors (Lipinski definition) is 1. The predicted octanol–water partition coefficient (Wildman–Crippen LogP) is 2.86. The first-order valence-corrected chi connectivity index (χ1v) is 6.10. The topological polar surface area (TPSA) is 24.9 Å². The van der Waals surface area contributed by atoms with E-state index in [1.54, 1.807) is 0 Å². The van der Waals surface area contributed by atoms with Gasteiger partial charge in [-0.1, -0.05) is 18.2 Å². The Balaban J connectivity index is 1.74. The quantitative estimate of drug-likeness (QED) is 0.818. The minimum atomic E-state index is -0.183. The summed E-state index contributed by atoms with van der Waals surface area (Å²) in [6.45, 7) is 3.73. The Kier molecular flexibility index (Phi) is 4.42. The zero-order valence-corrected chi connectivity index (χ0v) is 10.5. The summed E-state index contributed by atoms with van der Waals surface area (Å²) in [6.07, 6.45) is 4.62. The monoisotopic (exact) mass is 244 g/mol. The van der Waals surface area contributed by atoms with Crippen molar-refractivity contribution in [1.29, 1.82) is 0 Å². The zero-order chi connectivity index (χ0) is 12.8. The van der Waals surface area contributed by atoms with E-state index < -0.39 is 0 Å². The molecule has 0 aliphatic carbocycles. The number of hydrogen-bond acceptors (Lipinski definition) is 2. The van der Waals surface area contributed by atoms with Gasteiger partial charge in [0, 0.05) is 18.9 Å². The lowest BCUT2D eigenvalue weighted by atomic mass is 10.1. The second-order valence-corrected chi connectivity index (χ2v) is 4.42. The van der Waals surface area contributed by atoms with Crippen molar-refractivity contribution in [3.8, 4) is 0 Å². The molecule has 0 aliphatic rings. The minimum absolute atomic E-state index is 0.183. The van der Waals surface area contributed by atoms with E-state index in [1.807, 2.05) is 31.5 Å². The molecule has 0 radical (unpaired) electrons. The molecule has 0 saturated carbocycles. The van der Waals surface area contributed by atoms with Gasteiger partial charge in [-0.15, -0.1) is 0 Å². The molecule has 1 heterocycles. The lowest BCUT2D eigenvalue weighted by Crippen LogP contribution is -2.16. The van der Waals surface area contributed by atoms with Crippen molar-refractivity contribution >= 4 is 0 Å². The largest absolute Gasteiger partial charge is 0.312 e. The molecule has 0 spiro atoms. The Morgan fingerprint density at radius 2 is 1.89 bits per heavy atom. The van der Waals surface area contributed by atoms with Crippen molar-refractivity contribution in [3.63, 3.8) is 0 Å². The molecule has 1 aromatic carbocycles. The highest BCUT2D eigenvalue weighted by Gasteiger charge is 1.96. The van der Waals surface area contributed by atoms with E-state index in [9.17, 15) is 4.39 Å². The fourth-order valence-electron chi connectivity index (χ4n) is 1.83. The van der Waals surface area contributed by atoms with Crippen LogP contribution < -0.4 is 5.32 Å². The van der Waals surface area contributed by atoms with Gasteiger partial charge in [0.05, 0.1) is 0 Å². The van der Waals surface area contributed by atoms with Crippen LogP contribution >= 0.6 is 0 Å². The SMILES string of the molecule is Cc1cncc(CNCCc2ccc(F)cc2)c1. The van der Waals surface area contributed by atoms with Gasteiger partial charge in [0.2, 0.25) is 0 Å². The number of aromatic nitrogens is 1. The molecule has 1 N–H and O–H groups in total. The third-order valence-corrected chi connectivity index (χ3v) is 2.76. The first-order valence-electron chi connectivity index (χ1n) is 6.10. The van der Waals surface area contributed by atoms with Crippen molar-refractivity contribution in [2.75, 3.05) is 6.54 Å². The Bertz CT molecular complexity index is 494. The maximum atomic E-state index is 12.7. The van der Waals surface area contributed by atoms with Gasteiger partial charge in [0.25, 0.3) is 0 Å². The first kappa shape index (κ1) is 12.7. The van der Waals surface area contributed by atoms with Crippen LogP contribution in [0.2, 0.25) is 0 Å². The fourth-order valence-corrected chi connectivity index (χ4v) is 1.83. The van der Waals surface area contributed by atoms with Crippen LogP contribution in [0.15, 0.2) is 42.7 Å². The van der Waals surface area contributed by atoms with Gasteiger partial charge >= 0.3 is 0 Å². The van der Waals surface area contributed by atoms with Crippen molar-refractivity contribution in [2.45, 2.75) is 19.9 Å². The number of benzene rings is 1. The molecule has 2 nitrogen and oxygen atoms in total. The molecular formula is C15H17FN2. The summed E-state index contributed by atoms with van der Waals surface area (Å²) in [4.78, 5) is 4.15. The van der Waals surface area contributed by atoms with E-state index >= 15 is 0 Å². The van der Waals surface area contributed by atoms with Crippen LogP contribution in [0.3, 0.4) is 0 Å². The third kappa shape index (κ3) is 3.93. The molecule has 2 aromatic rings. The highest BCUT2D eigenvalue weighted by Crippen LogP contribution is 2.03. The van der Waals surface area contributed by atoms with Gasteiger partial charge in [-0.2, -0.15) is 0 Å². The average molecular weight is 244 g/mol. The molecule has 0 atom stereocenters. The number of halogens is 1. The van der Waals surface area contributed by atoms with Crippen LogP contribution in [0.5, 0.6) is 0 Å². The fraction of sp³-hybridized carbons (Fsp3) is 0.267. The van der Waals surface area contributed by atoms with Crippen LogP contribution in [0.1, 0.15) is 16.7 Å². The summed E-state index contributed by atoms with van der Waals surface area (Å²) in [5, 5.41) is 3.36. The summed E-state index contributed by atoms with van der Waals surface area (Å²) in [5.74, 6) is -0.183. The summed E-state index contributed by atoms with van der Waals surface area (Å²) >= 11 is 0. The van der Waals surface area contributed by atoms with Crippen LogP contribution in [0.4, 0.5) is 4.39 Å². The van der Waals surface area contributed by atoms with Gasteiger partial charge in [0.15, 0.2) is 0 Å². The van der Waals surface area contributed by atoms with Crippen LogP contribution in [-0.2, 0) is 13.0 Å². The Morgan fingerprint density at radius 3 is 2.61 bits per heavy atom. The highest BCUT2D eigenvalue weighted by molar-refractivity contribution is 5.17. The van der Waals surface area contributed by atoms with E-state index in [1.165, 1.54) is 23.3 Å². The molecule has 0 saturated heterocycles. The summed E-state index contributed by atoms with van der Waals surface area (Å²) in [5.41, 5.74) is 3.51. The molecular weight excluding hydrogens is 227 g/mol. The molecule has 1 aromatic heterocycles. The van der Waals surface area contributed by atoms with Crippen LogP contribution in [-0.4, -0.2) is 11.5 Å². The van der Waals surface area contributed by atoms with Gasteiger partial charge in [-0.25, -0.2) is 4.39 Å². The number of pyridine rings is 1. The standard InChI is InChI=1S/C15H17FN2/c1-12-8-14(11-18-9-12)10-17-7-6-13-2-4-15(16)5-3-13/h2-5,8-9,11,17H,6-7,10H2,1H3. The number of aryl methyl sites for hydroxylation is 1. The second-order valence-electron chi connectivity index (χ2n) is 4.42. The van der Waals surface area contributed by atoms with Gasteiger partial charge in [-0.05, 0) is 48.7 Å². The lowest BCUT2D eigenvalue weighted by Gasteiger charge is -2.05. The van der Waals surface area contributed by atoms with Crippen LogP contribution in [0, 0.1) is 12.7 Å². The van der Waals surface area contributed by atoms with Gasteiger partial charge < -0.3 is 5.32 Å². The average Bonchev–Trinajstić information content (AvgIpc) is 2.37. The Morgan fingerprint density at radius 1 is 1.11 bits per heavy atom. The highest BCUT2D eigenvalue weighted by atomic mass is 19.1. The minimum Gasteiger partial charge on any atom is -0.312 e. The molecule has 0 aliphatic heterocycles. The second kappa shape index (κ2) is 6.26. The van der Waals surface area contributed by atoms with Crippen molar-refractivity contribution in [3.05, 3.63) is 65.2 Å². The molecule has 0 fully saturated rings. The summed E-state index contributed by atoms with van der Waals surface area (Å²) in [7, 11) is 0. The van der Waals surface area contributed by atoms with E-state index in [2.05, 4.69) is 16.4 Å². The van der Waals surface area contributed by atoms with Crippen molar-refractivity contribution in [1.82, 2.24) is 10.3 Å². The maximum Gasteiger partial charge on any atom is 0.123 e.